The summed E-state index contributed by atoms with van der Waals surface area (Å²) in [6, 6.07) is 4.63. The van der Waals surface area contributed by atoms with Crippen molar-refractivity contribution in [2.45, 2.75) is 24.8 Å². The predicted octanol–water partition coefficient (Wildman–Crippen LogP) is 3.21. The lowest BCUT2D eigenvalue weighted by atomic mass is 10.0. The first-order valence-corrected chi connectivity index (χ1v) is 8.11. The molecule has 0 bridgehead atoms. The maximum absolute atomic E-state index is 12.5. The largest absolute Gasteiger partial charge is 0.534 e. The summed E-state index contributed by atoms with van der Waals surface area (Å²) in [5.41, 5.74) is -4.51. The second kappa shape index (κ2) is 6.79. The van der Waals surface area contributed by atoms with Gasteiger partial charge in [-0.3, -0.25) is 0 Å². The fraction of sp³-hybridized carbons (Fsp3) is 0.429. The first kappa shape index (κ1) is 17.6. The van der Waals surface area contributed by atoms with Gasteiger partial charge >= 0.3 is 15.6 Å². The van der Waals surface area contributed by atoms with Gasteiger partial charge in [-0.1, -0.05) is 0 Å². The van der Waals surface area contributed by atoms with Gasteiger partial charge in [-0.25, -0.2) is 0 Å². The van der Waals surface area contributed by atoms with Crippen LogP contribution in [0.2, 0.25) is 0 Å². The Labute approximate surface area is 131 Å². The van der Waals surface area contributed by atoms with Gasteiger partial charge in [0.2, 0.25) is 0 Å². The number of aryl methyl sites for hydroxylation is 1. The zero-order valence-corrected chi connectivity index (χ0v) is 13.0. The van der Waals surface area contributed by atoms with Crippen LogP contribution in [0.25, 0.3) is 5.76 Å². The molecule has 1 aliphatic rings. The van der Waals surface area contributed by atoms with Crippen molar-refractivity contribution >= 4 is 15.9 Å². The Morgan fingerprint density at radius 2 is 2.00 bits per heavy atom. The minimum atomic E-state index is -5.70. The van der Waals surface area contributed by atoms with Crippen molar-refractivity contribution < 1.29 is 35.2 Å². The highest BCUT2D eigenvalue weighted by Crippen LogP contribution is 2.34. The number of hydrogen-bond acceptors (Lipinski definition) is 5. The van der Waals surface area contributed by atoms with Crippen molar-refractivity contribution in [3.8, 4) is 5.75 Å². The smallest absolute Gasteiger partial charge is 0.468 e. The summed E-state index contributed by atoms with van der Waals surface area (Å²) < 4.78 is 74.3. The Bertz CT molecular complexity index is 695. The molecule has 0 aromatic heterocycles. The molecule has 0 spiro atoms. The molecular weight excluding hydrogens is 337 g/mol. The van der Waals surface area contributed by atoms with Gasteiger partial charge in [-0.15, -0.1) is 0 Å². The van der Waals surface area contributed by atoms with E-state index in [-0.39, 0.29) is 12.6 Å². The van der Waals surface area contributed by atoms with Crippen LogP contribution in [0.5, 0.6) is 5.75 Å². The molecule has 1 aromatic rings. The second-order valence-electron chi connectivity index (χ2n) is 4.81. The molecule has 0 heterocycles. The van der Waals surface area contributed by atoms with Crippen LogP contribution in [0, 0.1) is 0 Å². The third kappa shape index (κ3) is 4.17. The molecule has 0 unspecified atom stereocenters. The predicted molar refractivity (Wildman–Crippen MR) is 75.9 cm³/mol. The number of fused-ring (bicyclic) bond motifs is 1. The minimum absolute atomic E-state index is 0.0282. The Kier molecular flexibility index (Phi) is 5.20. The quantitative estimate of drug-likeness (QED) is 0.463. The first-order valence-electron chi connectivity index (χ1n) is 6.70. The molecule has 1 aliphatic carbocycles. The van der Waals surface area contributed by atoms with Gasteiger partial charge in [-0.2, -0.15) is 21.6 Å². The monoisotopic (exact) mass is 352 g/mol. The second-order valence-corrected chi connectivity index (χ2v) is 6.35. The number of benzene rings is 1. The van der Waals surface area contributed by atoms with Gasteiger partial charge in [0.1, 0.15) is 11.5 Å². The maximum atomic E-state index is 12.5. The highest BCUT2D eigenvalue weighted by atomic mass is 32.2. The molecule has 23 heavy (non-hydrogen) atoms. The first-order chi connectivity index (χ1) is 10.7. The van der Waals surface area contributed by atoms with E-state index in [0.717, 1.165) is 0 Å². The van der Waals surface area contributed by atoms with E-state index in [1.807, 2.05) is 0 Å². The number of halogens is 3. The maximum Gasteiger partial charge on any atom is 0.534 e. The third-order valence-corrected chi connectivity index (χ3v) is 4.11. The number of allylic oxidation sites excluding steroid dienone is 1. The summed E-state index contributed by atoms with van der Waals surface area (Å²) >= 11 is 0. The lowest BCUT2D eigenvalue weighted by Gasteiger charge is -2.15. The molecule has 0 N–H and O–H groups in total. The molecule has 5 nitrogen and oxygen atoms in total. The lowest BCUT2D eigenvalue weighted by Crippen LogP contribution is -2.25. The van der Waals surface area contributed by atoms with E-state index in [1.165, 1.54) is 25.3 Å². The molecule has 0 amide bonds. The minimum Gasteiger partial charge on any atom is -0.468 e. The molecule has 0 atom stereocenters. The molecule has 128 valence electrons. The zero-order valence-electron chi connectivity index (χ0n) is 12.2. The van der Waals surface area contributed by atoms with E-state index in [9.17, 15) is 21.6 Å². The number of hydrogen-bond donors (Lipinski definition) is 0. The van der Waals surface area contributed by atoms with Gasteiger partial charge in [-0.05, 0) is 49.1 Å². The Hall–Kier alpha value is -1.74. The Morgan fingerprint density at radius 3 is 2.65 bits per heavy atom. The molecule has 0 radical (unpaired) electrons. The van der Waals surface area contributed by atoms with Gasteiger partial charge in [0.25, 0.3) is 0 Å². The van der Waals surface area contributed by atoms with E-state index in [4.69, 9.17) is 9.47 Å². The molecule has 9 heteroatoms. The van der Waals surface area contributed by atoms with E-state index < -0.39 is 15.6 Å². The summed E-state index contributed by atoms with van der Waals surface area (Å²) in [5, 5.41) is 0. The fourth-order valence-corrected chi connectivity index (χ4v) is 2.60. The van der Waals surface area contributed by atoms with Gasteiger partial charge in [0.05, 0.1) is 0 Å². The zero-order chi connectivity index (χ0) is 17.1. The van der Waals surface area contributed by atoms with Crippen LogP contribution < -0.4 is 4.74 Å². The average Bonchev–Trinajstić information content (AvgIpc) is 2.65. The fourth-order valence-electron chi connectivity index (χ4n) is 2.11. The highest BCUT2D eigenvalue weighted by Gasteiger charge is 2.49. The van der Waals surface area contributed by atoms with Gasteiger partial charge in [0.15, 0.2) is 6.79 Å². The summed E-state index contributed by atoms with van der Waals surface area (Å²) in [7, 11) is -4.24. The Morgan fingerprint density at radius 1 is 1.26 bits per heavy atom. The van der Waals surface area contributed by atoms with E-state index >= 15 is 0 Å². The molecule has 2 rings (SSSR count). The summed E-state index contributed by atoms with van der Waals surface area (Å²) in [5.74, 6) is 0.165. The highest BCUT2D eigenvalue weighted by molar-refractivity contribution is 7.87. The van der Waals surface area contributed by atoms with Crippen molar-refractivity contribution in [2.75, 3.05) is 13.9 Å². The summed E-state index contributed by atoms with van der Waals surface area (Å²) in [6.45, 7) is 0.0282. The van der Waals surface area contributed by atoms with E-state index in [1.54, 1.807) is 6.07 Å². The molecule has 1 aromatic carbocycles. The lowest BCUT2D eigenvalue weighted by molar-refractivity contribution is -0.0509. The summed E-state index contributed by atoms with van der Waals surface area (Å²) in [4.78, 5) is 0. The van der Waals surface area contributed by atoms with Crippen molar-refractivity contribution in [1.82, 2.24) is 0 Å². The van der Waals surface area contributed by atoms with Crippen molar-refractivity contribution in [3.63, 3.8) is 0 Å². The molecule has 0 saturated carbocycles. The number of methoxy groups -OCH3 is 1. The van der Waals surface area contributed by atoms with Crippen LogP contribution in [0.4, 0.5) is 13.2 Å². The number of rotatable bonds is 5. The average molecular weight is 352 g/mol. The van der Waals surface area contributed by atoms with Gasteiger partial charge in [0, 0.05) is 12.7 Å². The van der Waals surface area contributed by atoms with Crippen LogP contribution in [0.1, 0.15) is 24.0 Å². The van der Waals surface area contributed by atoms with Crippen molar-refractivity contribution in [3.05, 3.63) is 35.4 Å². The SMILES string of the molecule is COCOc1ccc2c(c1)CCCC=C2OS(=O)(=O)C(F)(F)F. The Balaban J connectivity index is 2.32. The topological polar surface area (TPSA) is 61.8 Å². The van der Waals surface area contributed by atoms with Crippen LogP contribution in [0.15, 0.2) is 24.3 Å². The van der Waals surface area contributed by atoms with E-state index in [0.29, 0.717) is 36.1 Å². The van der Waals surface area contributed by atoms with Crippen LogP contribution >= 0.6 is 0 Å². The van der Waals surface area contributed by atoms with E-state index in [2.05, 4.69) is 4.18 Å². The van der Waals surface area contributed by atoms with Crippen LogP contribution in [-0.4, -0.2) is 27.8 Å². The normalized spacial score (nSPS) is 15.4. The number of ether oxygens (including phenoxy) is 2. The van der Waals surface area contributed by atoms with Crippen molar-refractivity contribution in [1.29, 1.82) is 0 Å². The molecule has 0 aliphatic heterocycles. The summed E-state index contributed by atoms with van der Waals surface area (Å²) in [6.07, 6.45) is 2.98. The van der Waals surface area contributed by atoms with Gasteiger partial charge < -0.3 is 13.7 Å². The standard InChI is InChI=1S/C14H15F3O5S/c1-20-9-21-11-6-7-12-10(8-11)4-2-3-5-13(12)22-23(18,19)14(15,16)17/h5-8H,2-4,9H2,1H3. The third-order valence-electron chi connectivity index (χ3n) is 3.15. The molecule has 0 fully saturated rings. The van der Waals surface area contributed by atoms with Crippen LogP contribution in [0.3, 0.4) is 0 Å². The number of alkyl halides is 3. The molecular formula is C14H15F3O5S. The van der Waals surface area contributed by atoms with Crippen molar-refractivity contribution in [2.24, 2.45) is 0 Å². The van der Waals surface area contributed by atoms with Crippen LogP contribution in [-0.2, 0) is 25.5 Å². The molecule has 0 saturated heterocycles.